The van der Waals surface area contributed by atoms with Crippen molar-refractivity contribution in [2.45, 2.75) is 33.1 Å². The Morgan fingerprint density at radius 3 is 2.35 bits per heavy atom. The number of aromatic nitrogens is 3. The predicted molar refractivity (Wildman–Crippen MR) is 177 cm³/mol. The summed E-state index contributed by atoms with van der Waals surface area (Å²) in [4.78, 5) is 22.1. The zero-order valence-corrected chi connectivity index (χ0v) is 25.0. The molecule has 5 heteroatoms. The average molecular weight is 564 g/mol. The molecule has 0 unspecified atom stereocenters. The summed E-state index contributed by atoms with van der Waals surface area (Å²) in [5.41, 5.74) is 7.44. The highest BCUT2D eigenvalue weighted by Gasteiger charge is 2.14. The van der Waals surface area contributed by atoms with Gasteiger partial charge in [0.2, 0.25) is 0 Å². The molecule has 0 aliphatic carbocycles. The van der Waals surface area contributed by atoms with Crippen LogP contribution in [0.25, 0.3) is 39.6 Å². The lowest BCUT2D eigenvalue weighted by molar-refractivity contribution is 0.415. The van der Waals surface area contributed by atoms with Crippen LogP contribution in [0.1, 0.15) is 54.4 Å². The fourth-order valence-corrected chi connectivity index (χ4v) is 5.23. The molecular weight excluding hydrogens is 530 g/mol. The molecule has 0 bridgehead atoms. The van der Waals surface area contributed by atoms with Crippen LogP contribution in [-0.2, 0) is 5.41 Å². The van der Waals surface area contributed by atoms with Crippen LogP contribution in [0.4, 0.5) is 0 Å². The van der Waals surface area contributed by atoms with Gasteiger partial charge in [-0.3, -0.25) is 9.36 Å². The fourth-order valence-electron chi connectivity index (χ4n) is 5.23. The zero-order valence-electron chi connectivity index (χ0n) is 25.0. The lowest BCUT2D eigenvalue weighted by Gasteiger charge is -2.18. The van der Waals surface area contributed by atoms with Crippen molar-refractivity contribution in [1.82, 2.24) is 14.5 Å². The van der Waals surface area contributed by atoms with Gasteiger partial charge >= 0.3 is 0 Å². The van der Waals surface area contributed by atoms with Crippen molar-refractivity contribution in [1.29, 1.82) is 0 Å². The quantitative estimate of drug-likeness (QED) is 0.221. The SMILES string of the molecule is COc1ccc2[nH]cc(/C=C/c3nc4ccccc4c(=O)n3-c3ccc(C#Cc4ccc(C(C)(C)C)cc4)cc3C)c2c1. The van der Waals surface area contributed by atoms with Crippen LogP contribution in [0.5, 0.6) is 5.75 Å². The Labute approximate surface area is 251 Å². The molecule has 0 aliphatic rings. The topological polar surface area (TPSA) is 59.9 Å². The van der Waals surface area contributed by atoms with E-state index in [0.29, 0.717) is 16.7 Å². The standard InChI is InChI=1S/C38H33N3O2/c1-25-22-27(11-10-26-12-16-29(17-13-26)38(2,3)4)14-20-35(25)41-36(40-34-9-7-6-8-31(34)37(41)42)21-15-28-24-39-33-19-18-30(43-5)23-32(28)33/h6-9,12-24,39H,1-5H3/b21-15+. The number of hydrogen-bond acceptors (Lipinski definition) is 3. The van der Waals surface area contributed by atoms with Gasteiger partial charge in [0.05, 0.1) is 23.7 Å². The first kappa shape index (κ1) is 27.8. The number of aryl methyl sites for hydroxylation is 1. The van der Waals surface area contributed by atoms with Gasteiger partial charge in [-0.15, -0.1) is 0 Å². The Morgan fingerprint density at radius 2 is 1.60 bits per heavy atom. The van der Waals surface area contributed by atoms with Gasteiger partial charge in [0.25, 0.3) is 5.56 Å². The minimum Gasteiger partial charge on any atom is -0.497 e. The van der Waals surface area contributed by atoms with E-state index in [4.69, 9.17) is 9.72 Å². The Balaban J connectivity index is 1.40. The number of nitrogens with one attached hydrogen (secondary N) is 1. The number of nitrogens with zero attached hydrogens (tertiary/aromatic N) is 2. The summed E-state index contributed by atoms with van der Waals surface area (Å²) >= 11 is 0. The molecule has 0 aliphatic heterocycles. The maximum atomic E-state index is 13.9. The number of rotatable bonds is 4. The van der Waals surface area contributed by atoms with Gasteiger partial charge in [0.15, 0.2) is 0 Å². The lowest BCUT2D eigenvalue weighted by Crippen LogP contribution is -2.23. The molecule has 0 amide bonds. The maximum Gasteiger partial charge on any atom is 0.266 e. The highest BCUT2D eigenvalue weighted by molar-refractivity contribution is 5.92. The molecule has 43 heavy (non-hydrogen) atoms. The van der Waals surface area contributed by atoms with Crippen molar-refractivity contribution in [3.05, 3.63) is 135 Å². The summed E-state index contributed by atoms with van der Waals surface area (Å²) in [5.74, 6) is 7.89. The van der Waals surface area contributed by atoms with Crippen molar-refractivity contribution in [3.63, 3.8) is 0 Å². The van der Waals surface area contributed by atoms with Crippen LogP contribution < -0.4 is 10.3 Å². The van der Waals surface area contributed by atoms with E-state index in [9.17, 15) is 4.79 Å². The van der Waals surface area contributed by atoms with E-state index >= 15 is 0 Å². The van der Waals surface area contributed by atoms with Gasteiger partial charge in [-0.05, 0) is 96.3 Å². The van der Waals surface area contributed by atoms with Crippen molar-refractivity contribution < 1.29 is 4.74 Å². The lowest BCUT2D eigenvalue weighted by atomic mass is 9.87. The van der Waals surface area contributed by atoms with Gasteiger partial charge in [-0.1, -0.05) is 56.9 Å². The number of ether oxygens (including phenoxy) is 1. The number of methoxy groups -OCH3 is 1. The van der Waals surface area contributed by atoms with E-state index in [0.717, 1.165) is 44.6 Å². The van der Waals surface area contributed by atoms with E-state index in [-0.39, 0.29) is 11.0 Å². The highest BCUT2D eigenvalue weighted by atomic mass is 16.5. The molecule has 0 fully saturated rings. The fraction of sp³-hybridized carbons (Fsp3) is 0.158. The number of aromatic amines is 1. The van der Waals surface area contributed by atoms with Crippen LogP contribution in [0.15, 0.2) is 95.9 Å². The van der Waals surface area contributed by atoms with E-state index in [1.165, 1.54) is 5.56 Å². The first-order valence-corrected chi connectivity index (χ1v) is 14.3. The molecule has 212 valence electrons. The second-order valence-corrected chi connectivity index (χ2v) is 11.7. The molecule has 2 heterocycles. The summed E-state index contributed by atoms with van der Waals surface area (Å²) in [6, 6.07) is 27.7. The summed E-state index contributed by atoms with van der Waals surface area (Å²) < 4.78 is 7.11. The van der Waals surface area contributed by atoms with E-state index in [2.05, 4.69) is 61.9 Å². The summed E-state index contributed by atoms with van der Waals surface area (Å²) in [7, 11) is 1.66. The number of hydrogen-bond donors (Lipinski definition) is 1. The summed E-state index contributed by atoms with van der Waals surface area (Å²) in [6.45, 7) is 8.61. The summed E-state index contributed by atoms with van der Waals surface area (Å²) in [5, 5.41) is 1.59. The molecule has 6 rings (SSSR count). The van der Waals surface area contributed by atoms with E-state index in [1.807, 2.05) is 85.9 Å². The molecule has 5 nitrogen and oxygen atoms in total. The summed E-state index contributed by atoms with van der Waals surface area (Å²) in [6.07, 6.45) is 5.81. The van der Waals surface area contributed by atoms with Crippen LogP contribution in [0, 0.1) is 18.8 Å². The van der Waals surface area contributed by atoms with Crippen LogP contribution in [-0.4, -0.2) is 21.6 Å². The first-order valence-electron chi connectivity index (χ1n) is 14.3. The maximum absolute atomic E-state index is 13.9. The third-order valence-corrected chi connectivity index (χ3v) is 7.67. The minimum atomic E-state index is -0.119. The molecule has 4 aromatic carbocycles. The van der Waals surface area contributed by atoms with Crippen LogP contribution >= 0.6 is 0 Å². The second-order valence-electron chi connectivity index (χ2n) is 11.7. The zero-order chi connectivity index (χ0) is 30.1. The second kappa shape index (κ2) is 11.2. The smallest absolute Gasteiger partial charge is 0.266 e. The molecule has 0 atom stereocenters. The van der Waals surface area contributed by atoms with Crippen molar-refractivity contribution in [2.24, 2.45) is 0 Å². The number of fused-ring (bicyclic) bond motifs is 2. The van der Waals surface area contributed by atoms with Crippen molar-refractivity contribution in [3.8, 4) is 23.3 Å². The molecule has 6 aromatic rings. The third-order valence-electron chi connectivity index (χ3n) is 7.67. The molecule has 1 N–H and O–H groups in total. The van der Waals surface area contributed by atoms with Crippen molar-refractivity contribution in [2.75, 3.05) is 7.11 Å². The van der Waals surface area contributed by atoms with Crippen LogP contribution in [0.2, 0.25) is 0 Å². The van der Waals surface area contributed by atoms with Gasteiger partial charge < -0.3 is 9.72 Å². The Morgan fingerprint density at radius 1 is 0.860 bits per heavy atom. The number of para-hydroxylation sites is 1. The largest absolute Gasteiger partial charge is 0.497 e. The third kappa shape index (κ3) is 5.60. The van der Waals surface area contributed by atoms with Gasteiger partial charge in [0.1, 0.15) is 11.6 Å². The van der Waals surface area contributed by atoms with E-state index in [1.54, 1.807) is 11.7 Å². The molecule has 0 spiro atoms. The first-order chi connectivity index (χ1) is 20.7. The van der Waals surface area contributed by atoms with E-state index < -0.39 is 0 Å². The number of benzene rings is 4. The molecule has 0 radical (unpaired) electrons. The minimum absolute atomic E-state index is 0.103. The number of H-pyrrole nitrogens is 1. The normalized spacial score (nSPS) is 11.7. The molecule has 2 aromatic heterocycles. The Hall–Kier alpha value is -5.34. The monoisotopic (exact) mass is 563 g/mol. The van der Waals surface area contributed by atoms with Gasteiger partial charge in [-0.25, -0.2) is 4.98 Å². The predicted octanol–water partition coefficient (Wildman–Crippen LogP) is 8.05. The molecule has 0 saturated carbocycles. The molecule has 0 saturated heterocycles. The van der Waals surface area contributed by atoms with Gasteiger partial charge in [0, 0.05) is 33.8 Å². The Kier molecular flexibility index (Phi) is 7.21. The van der Waals surface area contributed by atoms with Crippen molar-refractivity contribution >= 4 is 34.0 Å². The van der Waals surface area contributed by atoms with Crippen LogP contribution in [0.3, 0.4) is 0 Å². The molecular formula is C38H33N3O2. The average Bonchev–Trinajstić information content (AvgIpc) is 3.41. The Bertz CT molecular complexity index is 2130. The highest BCUT2D eigenvalue weighted by Crippen LogP contribution is 2.26. The van der Waals surface area contributed by atoms with Gasteiger partial charge in [-0.2, -0.15) is 0 Å².